The fraction of sp³-hybridized carbons (Fsp3) is 0.316. The first-order valence-electron chi connectivity index (χ1n) is 7.82. The number of ether oxygens (including phenoxy) is 1. The molecule has 2 aromatic rings. The number of nitriles is 1. The highest BCUT2D eigenvalue weighted by atomic mass is 16.5. The fourth-order valence-electron chi connectivity index (χ4n) is 3.00. The van der Waals surface area contributed by atoms with Gasteiger partial charge in [0.05, 0.1) is 24.8 Å². The highest BCUT2D eigenvalue weighted by Gasteiger charge is 2.16. The van der Waals surface area contributed by atoms with Gasteiger partial charge in [-0.15, -0.1) is 0 Å². The molecular formula is C19H20N2O2. The van der Waals surface area contributed by atoms with E-state index in [9.17, 15) is 10.4 Å². The summed E-state index contributed by atoms with van der Waals surface area (Å²) >= 11 is 0. The maximum absolute atomic E-state index is 10.3. The average molecular weight is 308 g/mol. The molecule has 0 aromatic heterocycles. The van der Waals surface area contributed by atoms with Crippen molar-refractivity contribution in [2.75, 3.05) is 31.2 Å². The minimum absolute atomic E-state index is 0.284. The molecule has 0 amide bonds. The maximum atomic E-state index is 10.3. The van der Waals surface area contributed by atoms with Crippen molar-refractivity contribution < 1.29 is 9.84 Å². The molecule has 0 spiro atoms. The van der Waals surface area contributed by atoms with Crippen molar-refractivity contribution in [2.24, 2.45) is 0 Å². The highest BCUT2D eigenvalue weighted by molar-refractivity contribution is 5.60. The van der Waals surface area contributed by atoms with E-state index in [1.807, 2.05) is 43.3 Å². The minimum Gasteiger partial charge on any atom is -0.508 e. The molecule has 1 saturated heterocycles. The van der Waals surface area contributed by atoms with Crippen molar-refractivity contribution in [1.29, 1.82) is 5.26 Å². The van der Waals surface area contributed by atoms with Crippen LogP contribution in [0.4, 0.5) is 5.69 Å². The van der Waals surface area contributed by atoms with Gasteiger partial charge in [0.2, 0.25) is 0 Å². The second kappa shape index (κ2) is 6.72. The molecule has 1 N–H and O–H groups in total. The molecule has 1 fully saturated rings. The molecule has 4 heteroatoms. The van der Waals surface area contributed by atoms with E-state index >= 15 is 0 Å². The van der Waals surface area contributed by atoms with E-state index in [2.05, 4.69) is 11.0 Å². The number of hydrogen-bond donors (Lipinski definition) is 1. The van der Waals surface area contributed by atoms with Gasteiger partial charge < -0.3 is 14.7 Å². The minimum atomic E-state index is 0.284. The predicted molar refractivity (Wildman–Crippen MR) is 89.8 cm³/mol. The zero-order chi connectivity index (χ0) is 16.2. The SMILES string of the molecule is Cc1cc(O)c(Cc2ccccc2C#N)cc1N1CCOCC1. The van der Waals surface area contributed by atoms with E-state index < -0.39 is 0 Å². The summed E-state index contributed by atoms with van der Waals surface area (Å²) in [5.74, 6) is 0.284. The third-order valence-corrected chi connectivity index (χ3v) is 4.27. The lowest BCUT2D eigenvalue weighted by Gasteiger charge is -2.30. The fourth-order valence-corrected chi connectivity index (χ4v) is 3.00. The zero-order valence-electron chi connectivity index (χ0n) is 13.2. The largest absolute Gasteiger partial charge is 0.508 e. The Morgan fingerprint density at radius 1 is 1.17 bits per heavy atom. The van der Waals surface area contributed by atoms with Crippen molar-refractivity contribution in [3.63, 3.8) is 0 Å². The van der Waals surface area contributed by atoms with E-state index in [4.69, 9.17) is 4.74 Å². The first-order valence-corrected chi connectivity index (χ1v) is 7.82. The summed E-state index contributed by atoms with van der Waals surface area (Å²) in [7, 11) is 0. The van der Waals surface area contributed by atoms with E-state index in [1.54, 1.807) is 0 Å². The van der Waals surface area contributed by atoms with Crippen molar-refractivity contribution in [3.05, 3.63) is 58.7 Å². The van der Waals surface area contributed by atoms with Gasteiger partial charge in [0.25, 0.3) is 0 Å². The lowest BCUT2D eigenvalue weighted by Crippen LogP contribution is -2.36. The van der Waals surface area contributed by atoms with Gasteiger partial charge in [-0.3, -0.25) is 0 Å². The molecular weight excluding hydrogens is 288 g/mol. The normalized spacial score (nSPS) is 14.5. The van der Waals surface area contributed by atoms with Crippen molar-refractivity contribution in [3.8, 4) is 11.8 Å². The number of hydrogen-bond acceptors (Lipinski definition) is 4. The third-order valence-electron chi connectivity index (χ3n) is 4.27. The van der Waals surface area contributed by atoms with Crippen LogP contribution in [0.15, 0.2) is 36.4 Å². The number of aryl methyl sites for hydroxylation is 1. The molecule has 3 rings (SSSR count). The molecule has 1 aliphatic heterocycles. The predicted octanol–water partition coefficient (Wildman–Crippen LogP) is 3.00. The first kappa shape index (κ1) is 15.4. The Balaban J connectivity index is 1.94. The summed E-state index contributed by atoms with van der Waals surface area (Å²) in [5.41, 5.74) is 4.62. The van der Waals surface area contributed by atoms with Crippen LogP contribution >= 0.6 is 0 Å². The first-order chi connectivity index (χ1) is 11.2. The molecule has 0 atom stereocenters. The van der Waals surface area contributed by atoms with Gasteiger partial charge in [-0.05, 0) is 36.2 Å². The van der Waals surface area contributed by atoms with E-state index in [0.717, 1.165) is 48.7 Å². The molecule has 0 saturated carbocycles. The van der Waals surface area contributed by atoms with Crippen LogP contribution < -0.4 is 4.90 Å². The Bertz CT molecular complexity index is 744. The number of benzene rings is 2. The van der Waals surface area contributed by atoms with Crippen LogP contribution in [0.25, 0.3) is 0 Å². The monoisotopic (exact) mass is 308 g/mol. The van der Waals surface area contributed by atoms with Crippen LogP contribution in [0.5, 0.6) is 5.75 Å². The Kier molecular flexibility index (Phi) is 4.50. The lowest BCUT2D eigenvalue weighted by molar-refractivity contribution is 0.122. The second-order valence-corrected chi connectivity index (χ2v) is 5.81. The van der Waals surface area contributed by atoms with Gasteiger partial charge in [0.15, 0.2) is 0 Å². The summed E-state index contributed by atoms with van der Waals surface area (Å²) in [6, 6.07) is 13.6. The molecule has 2 aromatic carbocycles. The van der Waals surface area contributed by atoms with Crippen molar-refractivity contribution in [1.82, 2.24) is 0 Å². The quantitative estimate of drug-likeness (QED) is 0.947. The maximum Gasteiger partial charge on any atom is 0.119 e. The summed E-state index contributed by atoms with van der Waals surface area (Å²) in [5, 5.41) is 19.5. The molecule has 1 aliphatic rings. The van der Waals surface area contributed by atoms with Crippen LogP contribution in [0.2, 0.25) is 0 Å². The molecule has 118 valence electrons. The summed E-state index contributed by atoms with van der Waals surface area (Å²) in [6.45, 7) is 5.19. The number of phenols is 1. The molecule has 0 aliphatic carbocycles. The number of anilines is 1. The summed E-state index contributed by atoms with van der Waals surface area (Å²) < 4.78 is 5.41. The molecule has 4 nitrogen and oxygen atoms in total. The van der Waals surface area contributed by atoms with Gasteiger partial charge in [0.1, 0.15) is 5.75 Å². The van der Waals surface area contributed by atoms with Gasteiger partial charge >= 0.3 is 0 Å². The van der Waals surface area contributed by atoms with Gasteiger partial charge in [-0.25, -0.2) is 0 Å². The second-order valence-electron chi connectivity index (χ2n) is 5.81. The number of phenolic OH excluding ortho intramolecular Hbond substituents is 1. The smallest absolute Gasteiger partial charge is 0.119 e. The number of morpholine rings is 1. The Labute approximate surface area is 136 Å². The van der Waals surface area contributed by atoms with Crippen LogP contribution in [-0.2, 0) is 11.2 Å². The topological polar surface area (TPSA) is 56.5 Å². The van der Waals surface area contributed by atoms with E-state index in [1.165, 1.54) is 0 Å². The molecule has 0 bridgehead atoms. The Morgan fingerprint density at radius 3 is 2.65 bits per heavy atom. The third kappa shape index (κ3) is 3.30. The molecule has 0 unspecified atom stereocenters. The zero-order valence-corrected chi connectivity index (χ0v) is 13.2. The van der Waals surface area contributed by atoms with Gasteiger partial charge in [-0.1, -0.05) is 18.2 Å². The van der Waals surface area contributed by atoms with Gasteiger partial charge in [0, 0.05) is 30.8 Å². The van der Waals surface area contributed by atoms with Crippen LogP contribution in [-0.4, -0.2) is 31.4 Å². The van der Waals surface area contributed by atoms with Crippen molar-refractivity contribution in [2.45, 2.75) is 13.3 Å². The molecule has 1 heterocycles. The van der Waals surface area contributed by atoms with E-state index in [-0.39, 0.29) is 5.75 Å². The summed E-state index contributed by atoms with van der Waals surface area (Å²) in [4.78, 5) is 2.29. The highest BCUT2D eigenvalue weighted by Crippen LogP contribution is 2.31. The van der Waals surface area contributed by atoms with Crippen LogP contribution in [0.1, 0.15) is 22.3 Å². The van der Waals surface area contributed by atoms with Crippen LogP contribution in [0.3, 0.4) is 0 Å². The Morgan fingerprint density at radius 2 is 1.91 bits per heavy atom. The molecule has 0 radical (unpaired) electrons. The molecule has 23 heavy (non-hydrogen) atoms. The number of aromatic hydroxyl groups is 1. The lowest BCUT2D eigenvalue weighted by atomic mass is 9.97. The standard InChI is InChI=1S/C19H20N2O2/c1-14-10-19(22)17(11-15-4-2-3-5-16(15)13-20)12-18(14)21-6-8-23-9-7-21/h2-5,10,12,22H,6-9,11H2,1H3. The van der Waals surface area contributed by atoms with Gasteiger partial charge in [-0.2, -0.15) is 5.26 Å². The van der Waals surface area contributed by atoms with Crippen molar-refractivity contribution >= 4 is 5.69 Å². The van der Waals surface area contributed by atoms with Crippen LogP contribution in [0, 0.1) is 18.3 Å². The number of nitrogens with zero attached hydrogens (tertiary/aromatic N) is 2. The number of rotatable bonds is 3. The average Bonchev–Trinajstić information content (AvgIpc) is 2.58. The summed E-state index contributed by atoms with van der Waals surface area (Å²) in [6.07, 6.45) is 0.549. The van der Waals surface area contributed by atoms with E-state index in [0.29, 0.717) is 12.0 Å². The Hall–Kier alpha value is -2.51.